The lowest BCUT2D eigenvalue weighted by Gasteiger charge is -2.40. The van der Waals surface area contributed by atoms with Gasteiger partial charge in [0.2, 0.25) is 6.41 Å². The molecule has 1 fully saturated rings. The summed E-state index contributed by atoms with van der Waals surface area (Å²) in [6, 6.07) is 4.96. The first-order valence-electron chi connectivity index (χ1n) is 8.27. The Labute approximate surface area is 154 Å². The first-order valence-corrected chi connectivity index (χ1v) is 8.85. The van der Waals surface area contributed by atoms with Crippen molar-refractivity contribution >= 4 is 26.9 Å². The van der Waals surface area contributed by atoms with Crippen LogP contribution in [0.5, 0.6) is 0 Å². The number of rotatable bonds is 6. The van der Waals surface area contributed by atoms with Gasteiger partial charge in [0.1, 0.15) is 11.6 Å². The Balaban J connectivity index is 2.36. The third-order valence-electron chi connectivity index (χ3n) is 4.83. The Morgan fingerprint density at radius 3 is 2.85 bits per heavy atom. The Kier molecular flexibility index (Phi) is 6.37. The molecular formula is C18H24FN2O4P. The molecule has 2 unspecified atom stereocenters. The van der Waals surface area contributed by atoms with Crippen molar-refractivity contribution in [1.29, 1.82) is 0 Å². The maximum Gasteiger partial charge on any atom is 0.336 e. The summed E-state index contributed by atoms with van der Waals surface area (Å²) < 4.78 is 19.0. The number of ether oxygens (including phenoxy) is 1. The third kappa shape index (κ3) is 3.74. The molecule has 1 aliphatic heterocycles. The van der Waals surface area contributed by atoms with Crippen molar-refractivity contribution in [2.24, 2.45) is 0 Å². The molecular weight excluding hydrogens is 358 g/mol. The molecule has 0 saturated carbocycles. The molecule has 8 heteroatoms. The molecule has 1 saturated heterocycles. The zero-order valence-electron chi connectivity index (χ0n) is 15.2. The largest absolute Gasteiger partial charge is 0.510 e. The lowest BCUT2D eigenvalue weighted by molar-refractivity contribution is -0.144. The summed E-state index contributed by atoms with van der Waals surface area (Å²) >= 11 is 0. The van der Waals surface area contributed by atoms with Gasteiger partial charge in [-0.2, -0.15) is 0 Å². The van der Waals surface area contributed by atoms with Gasteiger partial charge >= 0.3 is 5.97 Å². The second-order valence-corrected chi connectivity index (χ2v) is 7.11. The number of aliphatic hydroxyl groups excluding tert-OH is 1. The van der Waals surface area contributed by atoms with Gasteiger partial charge in [-0.15, -0.1) is 9.24 Å². The van der Waals surface area contributed by atoms with Crippen molar-refractivity contribution < 1.29 is 23.8 Å². The Morgan fingerprint density at radius 2 is 2.23 bits per heavy atom. The van der Waals surface area contributed by atoms with E-state index in [4.69, 9.17) is 0 Å². The highest BCUT2D eigenvalue weighted by Gasteiger charge is 2.45. The number of hydrogen-bond donors (Lipinski definition) is 1. The average Bonchev–Trinajstić information content (AvgIpc) is 3.03. The van der Waals surface area contributed by atoms with Crippen LogP contribution in [0.3, 0.4) is 0 Å². The van der Waals surface area contributed by atoms with Gasteiger partial charge in [0.15, 0.2) is 0 Å². The Bertz CT molecular complexity index is 740. The molecule has 1 aromatic rings. The van der Waals surface area contributed by atoms with Gasteiger partial charge in [0, 0.05) is 17.4 Å². The van der Waals surface area contributed by atoms with E-state index in [1.165, 1.54) is 19.0 Å². The first-order chi connectivity index (χ1) is 12.3. The van der Waals surface area contributed by atoms with E-state index < -0.39 is 17.3 Å². The summed E-state index contributed by atoms with van der Waals surface area (Å²) in [6.45, 7) is 3.75. The second kappa shape index (κ2) is 8.14. The van der Waals surface area contributed by atoms with Crippen molar-refractivity contribution in [1.82, 2.24) is 10.0 Å². The summed E-state index contributed by atoms with van der Waals surface area (Å²) in [5.41, 5.74) is -0.494. The number of methoxy groups -OCH3 is 1. The number of esters is 1. The lowest BCUT2D eigenvalue weighted by atomic mass is 9.94. The molecule has 1 heterocycles. The van der Waals surface area contributed by atoms with Crippen molar-refractivity contribution in [3.8, 4) is 0 Å². The molecule has 0 bridgehead atoms. The predicted octanol–water partition coefficient (Wildman–Crippen LogP) is 2.06. The summed E-state index contributed by atoms with van der Waals surface area (Å²) in [5.74, 6) is -1.17. The summed E-state index contributed by atoms with van der Waals surface area (Å²) in [4.78, 5) is 23.5. The van der Waals surface area contributed by atoms with E-state index in [-0.39, 0.29) is 17.9 Å². The quantitative estimate of drug-likeness (QED) is 0.268. The number of aliphatic hydroxyl groups is 1. The first kappa shape index (κ1) is 20.3. The third-order valence-corrected chi connectivity index (χ3v) is 5.28. The minimum Gasteiger partial charge on any atom is -0.510 e. The number of amides is 1. The molecule has 0 aliphatic carbocycles. The van der Waals surface area contributed by atoms with Gasteiger partial charge in [0.05, 0.1) is 24.8 Å². The second-order valence-electron chi connectivity index (χ2n) is 6.49. The topological polar surface area (TPSA) is 70.1 Å². The molecule has 1 aromatic carbocycles. The zero-order chi connectivity index (χ0) is 19.5. The van der Waals surface area contributed by atoms with Gasteiger partial charge < -0.3 is 9.84 Å². The molecule has 142 valence electrons. The molecule has 2 rings (SSSR count). The SMILES string of the molecule is COC(=O)/C(C)=C(\O)C1(C)CCCN1N(C=O)Cc1cccc(P)c1F. The summed E-state index contributed by atoms with van der Waals surface area (Å²) in [5, 5.41) is 14.1. The number of benzene rings is 1. The highest BCUT2D eigenvalue weighted by atomic mass is 31.0. The number of halogens is 1. The van der Waals surface area contributed by atoms with Crippen LogP contribution in [0.25, 0.3) is 0 Å². The van der Waals surface area contributed by atoms with Crippen LogP contribution in [0, 0.1) is 5.82 Å². The van der Waals surface area contributed by atoms with Gasteiger partial charge in [-0.3, -0.25) is 9.80 Å². The van der Waals surface area contributed by atoms with Crippen molar-refractivity contribution in [3.05, 3.63) is 40.9 Å². The van der Waals surface area contributed by atoms with Gasteiger partial charge in [0.25, 0.3) is 0 Å². The van der Waals surface area contributed by atoms with Gasteiger partial charge in [-0.05, 0) is 26.7 Å². The van der Waals surface area contributed by atoms with Crippen LogP contribution in [0.4, 0.5) is 4.39 Å². The highest BCUT2D eigenvalue weighted by Crippen LogP contribution is 2.37. The highest BCUT2D eigenvalue weighted by molar-refractivity contribution is 7.27. The fourth-order valence-electron chi connectivity index (χ4n) is 3.33. The van der Waals surface area contributed by atoms with Crippen LogP contribution in [0.15, 0.2) is 29.5 Å². The fraction of sp³-hybridized carbons (Fsp3) is 0.444. The molecule has 6 nitrogen and oxygen atoms in total. The number of carbonyl (C=O) groups excluding carboxylic acids is 2. The van der Waals surface area contributed by atoms with E-state index in [1.54, 1.807) is 30.1 Å². The van der Waals surface area contributed by atoms with E-state index in [2.05, 4.69) is 14.0 Å². The summed E-state index contributed by atoms with van der Waals surface area (Å²) in [7, 11) is 3.56. The van der Waals surface area contributed by atoms with E-state index in [0.29, 0.717) is 36.7 Å². The molecule has 26 heavy (non-hydrogen) atoms. The Morgan fingerprint density at radius 1 is 1.54 bits per heavy atom. The number of hydrogen-bond acceptors (Lipinski definition) is 5. The molecule has 1 N–H and O–H groups in total. The fourth-order valence-corrected chi connectivity index (χ4v) is 3.63. The minimum atomic E-state index is -0.950. The molecule has 0 aromatic heterocycles. The number of hydrazine groups is 1. The summed E-state index contributed by atoms with van der Waals surface area (Å²) in [6.07, 6.45) is 1.87. The molecule has 0 radical (unpaired) electrons. The number of carbonyl (C=O) groups is 2. The van der Waals surface area contributed by atoms with E-state index in [1.807, 2.05) is 0 Å². The van der Waals surface area contributed by atoms with Crippen LogP contribution < -0.4 is 5.30 Å². The van der Waals surface area contributed by atoms with Crippen LogP contribution in [0.1, 0.15) is 32.3 Å². The standard InChI is InChI=1S/C18H24FN2O4P/c1-12(17(24)25-3)16(23)18(2)8-5-9-21(18)20(11-22)10-13-6-4-7-14(26)15(13)19/h4,6-7,11,23H,5,8-10,26H2,1-3H3/b16-12-. The zero-order valence-corrected chi connectivity index (χ0v) is 16.3. The molecule has 1 aliphatic rings. The molecule has 0 spiro atoms. The van der Waals surface area contributed by atoms with E-state index >= 15 is 0 Å². The lowest BCUT2D eigenvalue weighted by Crippen LogP contribution is -2.53. The van der Waals surface area contributed by atoms with Crippen LogP contribution in [-0.4, -0.2) is 46.7 Å². The predicted molar refractivity (Wildman–Crippen MR) is 99.0 cm³/mol. The minimum absolute atomic E-state index is 0.0255. The molecule has 1 amide bonds. The number of nitrogens with zero attached hydrogens (tertiary/aromatic N) is 2. The van der Waals surface area contributed by atoms with Gasteiger partial charge in [-0.1, -0.05) is 18.2 Å². The van der Waals surface area contributed by atoms with Crippen LogP contribution >= 0.6 is 9.24 Å². The van der Waals surface area contributed by atoms with Gasteiger partial charge in [-0.25, -0.2) is 14.2 Å². The van der Waals surface area contributed by atoms with Crippen molar-refractivity contribution in [2.75, 3.05) is 13.7 Å². The maximum absolute atomic E-state index is 14.3. The van der Waals surface area contributed by atoms with Crippen LogP contribution in [0.2, 0.25) is 0 Å². The molecule has 2 atom stereocenters. The Hall–Kier alpha value is -1.98. The normalized spacial score (nSPS) is 21.3. The average molecular weight is 382 g/mol. The van der Waals surface area contributed by atoms with E-state index in [0.717, 1.165) is 0 Å². The maximum atomic E-state index is 14.3. The van der Waals surface area contributed by atoms with Crippen molar-refractivity contribution in [2.45, 2.75) is 38.8 Å². The monoisotopic (exact) mass is 382 g/mol. The smallest absolute Gasteiger partial charge is 0.336 e. The van der Waals surface area contributed by atoms with E-state index in [9.17, 15) is 19.1 Å². The van der Waals surface area contributed by atoms with Crippen molar-refractivity contribution in [3.63, 3.8) is 0 Å². The van der Waals surface area contributed by atoms with Crippen LogP contribution in [-0.2, 0) is 20.9 Å².